The smallest absolute Gasteiger partial charge is 0.480 e. The van der Waals surface area contributed by atoms with Crippen molar-refractivity contribution >= 4 is 11.7 Å². The Kier molecular flexibility index (Phi) is 4.89. The van der Waals surface area contributed by atoms with Gasteiger partial charge >= 0.3 is 18.0 Å². The Balaban J connectivity index is 3.56. The van der Waals surface area contributed by atoms with Gasteiger partial charge in [0.1, 0.15) is 6.20 Å². The molecule has 0 radical (unpaired) electrons. The molecule has 0 atom stereocenters. The molecule has 1 aromatic rings. The molecule has 0 unspecified atom stereocenters. The third kappa shape index (κ3) is 3.94. The number of carbonyl (C=O) groups excluding carboxylic acids is 1. The van der Waals surface area contributed by atoms with Crippen LogP contribution in [-0.4, -0.2) is 36.0 Å². The first-order valence-corrected chi connectivity index (χ1v) is 5.35. The number of hydrogen-bond acceptors (Lipinski definition) is 7. The maximum absolute atomic E-state index is 12.4. The van der Waals surface area contributed by atoms with E-state index in [2.05, 4.69) is 19.2 Å². The van der Waals surface area contributed by atoms with E-state index in [1.807, 2.05) is 0 Å². The standard InChI is InChI=1S/C10H9F3N2O6/c1-3-20-9(16)6-7(21-10(11,12)13)5(15(17)18)4-14-8(6)19-2/h4H,3H2,1-2H3. The zero-order chi connectivity index (χ0) is 16.2. The molecule has 8 nitrogen and oxygen atoms in total. The first-order valence-electron chi connectivity index (χ1n) is 5.35. The Morgan fingerprint density at radius 1 is 1.48 bits per heavy atom. The molecule has 0 aliphatic heterocycles. The Morgan fingerprint density at radius 2 is 2.10 bits per heavy atom. The van der Waals surface area contributed by atoms with Gasteiger partial charge in [-0.1, -0.05) is 0 Å². The molecular formula is C10H9F3N2O6. The number of nitro groups is 1. The number of nitrogens with zero attached hydrogens (tertiary/aromatic N) is 2. The molecule has 0 amide bonds. The minimum absolute atomic E-state index is 0.170. The van der Waals surface area contributed by atoms with E-state index in [9.17, 15) is 28.1 Å². The van der Waals surface area contributed by atoms with Crippen LogP contribution in [0.5, 0.6) is 11.6 Å². The van der Waals surface area contributed by atoms with E-state index in [1.165, 1.54) is 6.92 Å². The van der Waals surface area contributed by atoms with Crippen LogP contribution < -0.4 is 9.47 Å². The maximum atomic E-state index is 12.4. The van der Waals surface area contributed by atoms with Gasteiger partial charge in [-0.3, -0.25) is 10.1 Å². The summed E-state index contributed by atoms with van der Waals surface area (Å²) in [6, 6.07) is 0. The van der Waals surface area contributed by atoms with Crippen LogP contribution in [0.15, 0.2) is 6.20 Å². The van der Waals surface area contributed by atoms with Crippen LogP contribution in [-0.2, 0) is 4.74 Å². The van der Waals surface area contributed by atoms with Crippen molar-refractivity contribution in [2.75, 3.05) is 13.7 Å². The molecule has 1 aromatic heterocycles. The first kappa shape index (κ1) is 16.5. The van der Waals surface area contributed by atoms with E-state index < -0.39 is 40.1 Å². The number of hydrogen-bond donors (Lipinski definition) is 0. The zero-order valence-corrected chi connectivity index (χ0v) is 10.8. The number of ether oxygens (including phenoxy) is 3. The van der Waals surface area contributed by atoms with E-state index in [0.717, 1.165) is 7.11 Å². The lowest BCUT2D eigenvalue weighted by Crippen LogP contribution is -2.21. The van der Waals surface area contributed by atoms with Crippen molar-refractivity contribution in [1.29, 1.82) is 0 Å². The summed E-state index contributed by atoms with van der Waals surface area (Å²) in [6.45, 7) is 1.23. The molecule has 0 spiro atoms. The Hall–Kier alpha value is -2.59. The van der Waals surface area contributed by atoms with Crippen molar-refractivity contribution in [1.82, 2.24) is 4.98 Å². The van der Waals surface area contributed by atoms with Gasteiger partial charge in [-0.25, -0.2) is 9.78 Å². The molecule has 1 heterocycles. The molecule has 0 aliphatic rings. The fourth-order valence-electron chi connectivity index (χ4n) is 1.36. The quantitative estimate of drug-likeness (QED) is 0.466. The normalized spacial score (nSPS) is 10.9. The van der Waals surface area contributed by atoms with E-state index in [-0.39, 0.29) is 6.61 Å². The Morgan fingerprint density at radius 3 is 2.52 bits per heavy atom. The first-order chi connectivity index (χ1) is 9.71. The van der Waals surface area contributed by atoms with Gasteiger partial charge in [-0.15, -0.1) is 13.2 Å². The maximum Gasteiger partial charge on any atom is 0.573 e. The summed E-state index contributed by atoms with van der Waals surface area (Å²) < 4.78 is 49.9. The van der Waals surface area contributed by atoms with Crippen molar-refractivity contribution in [2.45, 2.75) is 13.3 Å². The third-order valence-corrected chi connectivity index (χ3v) is 2.07. The van der Waals surface area contributed by atoms with Gasteiger partial charge in [0, 0.05) is 0 Å². The van der Waals surface area contributed by atoms with Crippen LogP contribution in [0.4, 0.5) is 18.9 Å². The van der Waals surface area contributed by atoms with Gasteiger partial charge in [0.2, 0.25) is 11.6 Å². The van der Waals surface area contributed by atoms with Gasteiger partial charge in [0.25, 0.3) is 0 Å². The molecule has 0 saturated heterocycles. The number of esters is 1. The second-order valence-corrected chi connectivity index (χ2v) is 3.38. The van der Waals surface area contributed by atoms with Crippen LogP contribution in [0, 0.1) is 10.1 Å². The van der Waals surface area contributed by atoms with Crippen molar-refractivity contribution in [3.63, 3.8) is 0 Å². The molecular weight excluding hydrogens is 301 g/mol. The topological polar surface area (TPSA) is 101 Å². The number of methoxy groups -OCH3 is 1. The van der Waals surface area contributed by atoms with Gasteiger partial charge in [-0.05, 0) is 6.92 Å². The lowest BCUT2D eigenvalue weighted by Gasteiger charge is -2.14. The molecule has 0 aromatic carbocycles. The number of pyridine rings is 1. The van der Waals surface area contributed by atoms with E-state index in [0.29, 0.717) is 6.20 Å². The molecule has 0 saturated carbocycles. The van der Waals surface area contributed by atoms with Gasteiger partial charge in [0.15, 0.2) is 5.56 Å². The minimum Gasteiger partial charge on any atom is -0.480 e. The number of rotatable bonds is 5. The monoisotopic (exact) mass is 310 g/mol. The van der Waals surface area contributed by atoms with Crippen LogP contribution in [0.3, 0.4) is 0 Å². The summed E-state index contributed by atoms with van der Waals surface area (Å²) in [7, 11) is 1.02. The zero-order valence-electron chi connectivity index (χ0n) is 10.8. The van der Waals surface area contributed by atoms with Crippen molar-refractivity contribution in [2.24, 2.45) is 0 Å². The Bertz CT molecular complexity index is 560. The molecule has 0 aliphatic carbocycles. The molecule has 0 N–H and O–H groups in total. The average Bonchev–Trinajstić information content (AvgIpc) is 2.35. The number of halogens is 3. The molecule has 1 rings (SSSR count). The van der Waals surface area contributed by atoms with Gasteiger partial charge in [-0.2, -0.15) is 0 Å². The molecule has 0 bridgehead atoms. The highest BCUT2D eigenvalue weighted by Crippen LogP contribution is 2.39. The van der Waals surface area contributed by atoms with Crippen molar-refractivity contribution < 1.29 is 37.1 Å². The lowest BCUT2D eigenvalue weighted by atomic mass is 10.2. The minimum atomic E-state index is -5.25. The SMILES string of the molecule is CCOC(=O)c1c(OC)ncc([N+](=O)[O-])c1OC(F)(F)F. The molecule has 11 heteroatoms. The highest BCUT2D eigenvalue weighted by Gasteiger charge is 2.39. The van der Waals surface area contributed by atoms with Gasteiger partial charge in [0.05, 0.1) is 18.6 Å². The second-order valence-electron chi connectivity index (χ2n) is 3.38. The van der Waals surface area contributed by atoms with Crippen molar-refractivity contribution in [3.8, 4) is 11.6 Å². The number of alkyl halides is 3. The highest BCUT2D eigenvalue weighted by molar-refractivity contribution is 5.96. The third-order valence-electron chi connectivity index (χ3n) is 2.07. The van der Waals surface area contributed by atoms with Gasteiger partial charge < -0.3 is 14.2 Å². The summed E-state index contributed by atoms with van der Waals surface area (Å²) in [5.74, 6) is -3.21. The Labute approximate surface area is 115 Å². The summed E-state index contributed by atoms with van der Waals surface area (Å²) in [5, 5.41) is 10.8. The summed E-state index contributed by atoms with van der Waals surface area (Å²) in [5.41, 5.74) is -2.05. The van der Waals surface area contributed by atoms with Crippen LogP contribution in [0.25, 0.3) is 0 Å². The number of aromatic nitrogens is 1. The van der Waals surface area contributed by atoms with E-state index >= 15 is 0 Å². The van der Waals surface area contributed by atoms with Crippen LogP contribution in [0.1, 0.15) is 17.3 Å². The van der Waals surface area contributed by atoms with E-state index in [1.54, 1.807) is 0 Å². The summed E-state index contributed by atoms with van der Waals surface area (Å²) in [6.07, 6.45) is -4.76. The number of carbonyl (C=O) groups is 1. The predicted octanol–water partition coefficient (Wildman–Crippen LogP) is 2.07. The molecule has 21 heavy (non-hydrogen) atoms. The van der Waals surface area contributed by atoms with Crippen LogP contribution >= 0.6 is 0 Å². The second kappa shape index (κ2) is 6.24. The molecule has 116 valence electrons. The average molecular weight is 310 g/mol. The summed E-state index contributed by atoms with van der Waals surface area (Å²) in [4.78, 5) is 24.7. The predicted molar refractivity (Wildman–Crippen MR) is 60.1 cm³/mol. The fourth-order valence-corrected chi connectivity index (χ4v) is 1.36. The largest absolute Gasteiger partial charge is 0.573 e. The lowest BCUT2D eigenvalue weighted by molar-refractivity contribution is -0.389. The fraction of sp³-hybridized carbons (Fsp3) is 0.400. The summed E-state index contributed by atoms with van der Waals surface area (Å²) >= 11 is 0. The highest BCUT2D eigenvalue weighted by atomic mass is 19.4. The van der Waals surface area contributed by atoms with Crippen LogP contribution in [0.2, 0.25) is 0 Å². The van der Waals surface area contributed by atoms with Crippen molar-refractivity contribution in [3.05, 3.63) is 21.9 Å². The molecule has 0 fully saturated rings. The van der Waals surface area contributed by atoms with E-state index in [4.69, 9.17) is 0 Å².